The number of amides is 1. The van der Waals surface area contributed by atoms with E-state index in [0.717, 1.165) is 29.6 Å². The number of aromatic hydroxyl groups is 1. The van der Waals surface area contributed by atoms with Crippen LogP contribution < -0.4 is 4.90 Å². The second-order valence-electron chi connectivity index (χ2n) is 11.7. The number of azo groups is 1. The Balaban J connectivity index is 1.43. The van der Waals surface area contributed by atoms with E-state index in [1.165, 1.54) is 12.8 Å². The molecule has 3 aromatic rings. The number of hydrogen-bond donors (Lipinski definition) is 1. The van der Waals surface area contributed by atoms with Gasteiger partial charge in [0, 0.05) is 43.3 Å². The molecule has 1 N–H and O–H groups in total. The van der Waals surface area contributed by atoms with Crippen LogP contribution in [0.3, 0.4) is 0 Å². The molecule has 2 fully saturated rings. The number of rotatable bonds is 5. The lowest BCUT2D eigenvalue weighted by molar-refractivity contribution is 0.0995. The van der Waals surface area contributed by atoms with Gasteiger partial charge in [0.25, 0.3) is 5.91 Å². The molecule has 1 saturated heterocycles. The standard InChI is InChI=1S/C28H35N5O2/c1-27(2)14-21-15-28(3,16-27)17-32(21)18-33-23-9-7-6-8-22(23)24(26(33)35)29-30-25(34)19-10-12-20(13-11-19)31(4)5/h6-13,21,35H,14-18H2,1-5H3/t21-,28+/m0/s1. The van der Waals surface area contributed by atoms with Gasteiger partial charge in [-0.05, 0) is 60.4 Å². The Bertz CT molecular complexity index is 1290. The molecule has 1 aliphatic heterocycles. The molecule has 35 heavy (non-hydrogen) atoms. The monoisotopic (exact) mass is 473 g/mol. The van der Waals surface area contributed by atoms with Gasteiger partial charge in [-0.3, -0.25) is 14.3 Å². The molecule has 1 amide bonds. The molecular formula is C28H35N5O2. The summed E-state index contributed by atoms with van der Waals surface area (Å²) < 4.78 is 1.91. The Morgan fingerprint density at radius 3 is 2.51 bits per heavy atom. The van der Waals surface area contributed by atoms with Crippen LogP contribution >= 0.6 is 0 Å². The molecule has 2 aromatic carbocycles. The number of carbonyl (C=O) groups excluding carboxylic acids is 1. The summed E-state index contributed by atoms with van der Waals surface area (Å²) >= 11 is 0. The molecular weight excluding hydrogens is 438 g/mol. The van der Waals surface area contributed by atoms with Crippen LogP contribution in [0, 0.1) is 10.8 Å². The van der Waals surface area contributed by atoms with E-state index in [1.807, 2.05) is 60.0 Å². The maximum absolute atomic E-state index is 12.7. The van der Waals surface area contributed by atoms with E-state index in [9.17, 15) is 9.90 Å². The zero-order valence-electron chi connectivity index (χ0n) is 21.3. The highest BCUT2D eigenvalue weighted by molar-refractivity contribution is 5.97. The minimum atomic E-state index is -0.435. The topological polar surface area (TPSA) is 73.4 Å². The molecule has 0 spiro atoms. The summed E-state index contributed by atoms with van der Waals surface area (Å²) in [5, 5.41) is 20.2. The minimum Gasteiger partial charge on any atom is -0.493 e. The quantitative estimate of drug-likeness (QED) is 0.448. The van der Waals surface area contributed by atoms with Crippen LogP contribution in [0.1, 0.15) is 50.4 Å². The maximum atomic E-state index is 12.7. The number of likely N-dealkylation sites (tertiary alicyclic amines) is 1. The van der Waals surface area contributed by atoms with Crippen molar-refractivity contribution in [2.45, 2.75) is 52.7 Å². The molecule has 7 heteroatoms. The van der Waals surface area contributed by atoms with Gasteiger partial charge in [0.05, 0.1) is 12.2 Å². The molecule has 0 unspecified atom stereocenters. The number of nitrogens with zero attached hydrogens (tertiary/aromatic N) is 5. The molecule has 0 radical (unpaired) electrons. The van der Waals surface area contributed by atoms with Crippen molar-refractivity contribution in [2.24, 2.45) is 21.1 Å². The molecule has 1 aromatic heterocycles. The Morgan fingerprint density at radius 2 is 1.80 bits per heavy atom. The van der Waals surface area contributed by atoms with E-state index < -0.39 is 5.91 Å². The van der Waals surface area contributed by atoms with Crippen molar-refractivity contribution in [3.8, 4) is 5.88 Å². The van der Waals surface area contributed by atoms with Crippen molar-refractivity contribution >= 4 is 28.2 Å². The van der Waals surface area contributed by atoms with E-state index in [1.54, 1.807) is 12.1 Å². The van der Waals surface area contributed by atoms with Gasteiger partial charge < -0.3 is 10.0 Å². The van der Waals surface area contributed by atoms with Gasteiger partial charge in [0.2, 0.25) is 5.88 Å². The molecule has 2 heterocycles. The van der Waals surface area contributed by atoms with Crippen molar-refractivity contribution in [2.75, 3.05) is 25.5 Å². The predicted molar refractivity (Wildman–Crippen MR) is 139 cm³/mol. The van der Waals surface area contributed by atoms with Crippen molar-refractivity contribution in [3.05, 3.63) is 54.1 Å². The molecule has 184 valence electrons. The molecule has 1 aliphatic carbocycles. The summed E-state index contributed by atoms with van der Waals surface area (Å²) in [6.07, 6.45) is 3.59. The first kappa shape index (κ1) is 23.5. The molecule has 2 atom stereocenters. The van der Waals surface area contributed by atoms with Crippen molar-refractivity contribution in [1.29, 1.82) is 0 Å². The third-order valence-electron chi connectivity index (χ3n) is 7.64. The fraction of sp³-hybridized carbons (Fsp3) is 0.464. The largest absolute Gasteiger partial charge is 0.493 e. The fourth-order valence-electron chi connectivity index (χ4n) is 6.49. The van der Waals surface area contributed by atoms with Crippen molar-refractivity contribution < 1.29 is 9.90 Å². The Labute approximate surface area is 207 Å². The van der Waals surface area contributed by atoms with Gasteiger partial charge >= 0.3 is 0 Å². The number of fused-ring (bicyclic) bond motifs is 3. The summed E-state index contributed by atoms with van der Waals surface area (Å²) in [7, 11) is 3.90. The summed E-state index contributed by atoms with van der Waals surface area (Å²) in [5.74, 6) is -0.383. The summed E-state index contributed by atoms with van der Waals surface area (Å²) in [6.45, 7) is 8.74. The van der Waals surface area contributed by atoms with Crippen LogP contribution in [0.15, 0.2) is 58.8 Å². The Hall–Kier alpha value is -3.19. The number of hydrogen-bond acceptors (Lipinski definition) is 5. The molecule has 1 saturated carbocycles. The zero-order chi connectivity index (χ0) is 25.0. The summed E-state index contributed by atoms with van der Waals surface area (Å²) in [5.41, 5.74) is 3.34. The average Bonchev–Trinajstić information content (AvgIpc) is 3.20. The van der Waals surface area contributed by atoms with Gasteiger partial charge in [0.15, 0.2) is 5.69 Å². The second-order valence-corrected chi connectivity index (χ2v) is 11.7. The van der Waals surface area contributed by atoms with Crippen LogP contribution in [0.5, 0.6) is 5.88 Å². The number of anilines is 1. The highest BCUT2D eigenvalue weighted by atomic mass is 16.3. The minimum absolute atomic E-state index is 0.0524. The lowest BCUT2D eigenvalue weighted by Gasteiger charge is -2.40. The fourth-order valence-corrected chi connectivity index (χ4v) is 6.49. The number of para-hydroxylation sites is 1. The third kappa shape index (κ3) is 4.45. The van der Waals surface area contributed by atoms with E-state index in [4.69, 9.17) is 0 Å². The average molecular weight is 474 g/mol. The first-order valence-electron chi connectivity index (χ1n) is 12.3. The number of carbonyl (C=O) groups is 1. The van der Waals surface area contributed by atoms with E-state index in [0.29, 0.717) is 34.8 Å². The normalized spacial score (nSPS) is 23.9. The second kappa shape index (κ2) is 8.48. The molecule has 7 nitrogen and oxygen atoms in total. The first-order chi connectivity index (χ1) is 16.6. The lowest BCUT2D eigenvalue weighted by atomic mass is 9.65. The number of aromatic nitrogens is 1. The highest BCUT2D eigenvalue weighted by Gasteiger charge is 2.49. The SMILES string of the molecule is CN(C)c1ccc(C(=O)N=Nc2c(O)n(CN3C[C@]4(C)C[C@@H]3CC(C)(C)C4)c3ccccc23)cc1. The predicted octanol–water partition coefficient (Wildman–Crippen LogP) is 6.20. The first-order valence-corrected chi connectivity index (χ1v) is 12.3. The summed E-state index contributed by atoms with van der Waals surface area (Å²) in [4.78, 5) is 17.2. The third-order valence-corrected chi connectivity index (χ3v) is 7.64. The van der Waals surface area contributed by atoms with E-state index >= 15 is 0 Å². The van der Waals surface area contributed by atoms with Gasteiger partial charge in [0.1, 0.15) is 0 Å². The summed E-state index contributed by atoms with van der Waals surface area (Å²) in [6, 6.07) is 15.5. The maximum Gasteiger partial charge on any atom is 0.295 e. The molecule has 5 rings (SSSR count). The van der Waals surface area contributed by atoms with Crippen LogP contribution in [0.25, 0.3) is 10.9 Å². The number of benzene rings is 2. The van der Waals surface area contributed by atoms with Crippen molar-refractivity contribution in [1.82, 2.24) is 9.47 Å². The van der Waals surface area contributed by atoms with Crippen LogP contribution in [0.4, 0.5) is 11.4 Å². The lowest BCUT2D eigenvalue weighted by Crippen LogP contribution is -2.35. The Kier molecular flexibility index (Phi) is 5.71. The van der Waals surface area contributed by atoms with Gasteiger partial charge in [-0.2, -0.15) is 0 Å². The van der Waals surface area contributed by atoms with Crippen molar-refractivity contribution in [3.63, 3.8) is 0 Å². The highest BCUT2D eigenvalue weighted by Crippen LogP contribution is 2.53. The van der Waals surface area contributed by atoms with E-state index in [2.05, 4.69) is 35.9 Å². The zero-order valence-corrected chi connectivity index (χ0v) is 21.3. The van der Waals surface area contributed by atoms with Crippen LogP contribution in [0.2, 0.25) is 0 Å². The Morgan fingerprint density at radius 1 is 1.09 bits per heavy atom. The van der Waals surface area contributed by atoms with Gasteiger partial charge in [-0.1, -0.05) is 39.0 Å². The van der Waals surface area contributed by atoms with Gasteiger partial charge in [-0.25, -0.2) is 0 Å². The van der Waals surface area contributed by atoms with E-state index in [-0.39, 0.29) is 5.88 Å². The molecule has 2 aliphatic rings. The van der Waals surface area contributed by atoms with Gasteiger partial charge in [-0.15, -0.1) is 10.2 Å². The van der Waals surface area contributed by atoms with Crippen LogP contribution in [-0.4, -0.2) is 47.2 Å². The smallest absolute Gasteiger partial charge is 0.295 e. The molecule has 2 bridgehead atoms. The van der Waals surface area contributed by atoms with Crippen LogP contribution in [-0.2, 0) is 6.67 Å².